The number of nitrogens with one attached hydrogen (secondary N) is 1. The number of hydrogen-bond donors (Lipinski definition) is 1. The summed E-state index contributed by atoms with van der Waals surface area (Å²) in [6, 6.07) is 9.23. The quantitative estimate of drug-likeness (QED) is 0.891. The first kappa shape index (κ1) is 16.4. The average Bonchev–Trinajstić information content (AvgIpc) is 2.88. The minimum Gasteiger partial charge on any atom is -0.497 e. The zero-order valence-electron chi connectivity index (χ0n) is 10.9. The summed E-state index contributed by atoms with van der Waals surface area (Å²) in [5, 5.41) is 6.90. The van der Waals surface area contributed by atoms with Gasteiger partial charge in [-0.3, -0.25) is 0 Å². The summed E-state index contributed by atoms with van der Waals surface area (Å²) in [4.78, 5) is 0. The minimum absolute atomic E-state index is 0. The van der Waals surface area contributed by atoms with E-state index < -0.39 is 6.55 Å². The fourth-order valence-electron chi connectivity index (χ4n) is 1.70. The molecule has 0 unspecified atom stereocenters. The first-order valence-electron chi connectivity index (χ1n) is 5.85. The van der Waals surface area contributed by atoms with E-state index in [4.69, 9.17) is 4.74 Å². The van der Waals surface area contributed by atoms with Gasteiger partial charge in [-0.15, -0.1) is 12.4 Å². The van der Waals surface area contributed by atoms with Gasteiger partial charge in [-0.1, -0.05) is 12.1 Å². The average molecular weight is 304 g/mol. The summed E-state index contributed by atoms with van der Waals surface area (Å²) in [6.07, 6.45) is 1.27. The summed E-state index contributed by atoms with van der Waals surface area (Å²) in [6.45, 7) is -1.53. The van der Waals surface area contributed by atoms with Gasteiger partial charge in [0, 0.05) is 19.3 Å². The molecule has 1 N–H and O–H groups in total. The summed E-state index contributed by atoms with van der Waals surface area (Å²) < 4.78 is 30.4. The van der Waals surface area contributed by atoms with Crippen LogP contribution in [0.5, 0.6) is 5.75 Å². The Balaban J connectivity index is 0.00000200. The van der Waals surface area contributed by atoms with E-state index in [1.807, 2.05) is 24.3 Å². The molecule has 0 bridgehead atoms. The fraction of sp³-hybridized carbons (Fsp3) is 0.308. The number of benzene rings is 1. The number of ether oxygens (including phenoxy) is 1. The van der Waals surface area contributed by atoms with Gasteiger partial charge in [0.25, 0.3) is 0 Å². The number of alkyl halides is 2. The number of halogens is 3. The molecule has 1 aromatic carbocycles. The molecule has 0 fully saturated rings. The van der Waals surface area contributed by atoms with Crippen LogP contribution in [0, 0.1) is 0 Å². The maximum absolute atomic E-state index is 12.3. The highest BCUT2D eigenvalue weighted by molar-refractivity contribution is 5.85. The van der Waals surface area contributed by atoms with Gasteiger partial charge >= 0.3 is 6.55 Å². The van der Waals surface area contributed by atoms with Crippen molar-refractivity contribution < 1.29 is 13.5 Å². The van der Waals surface area contributed by atoms with Gasteiger partial charge in [0.05, 0.1) is 12.8 Å². The number of methoxy groups -OCH3 is 1. The van der Waals surface area contributed by atoms with Crippen molar-refractivity contribution >= 4 is 12.4 Å². The molecule has 0 aliphatic rings. The largest absolute Gasteiger partial charge is 0.497 e. The Kier molecular flexibility index (Phi) is 6.41. The molecule has 2 rings (SSSR count). The van der Waals surface area contributed by atoms with Crippen molar-refractivity contribution in [1.82, 2.24) is 15.1 Å². The molecule has 1 heterocycles. The zero-order chi connectivity index (χ0) is 13.7. The second-order valence-corrected chi connectivity index (χ2v) is 4.02. The Morgan fingerprint density at radius 2 is 2.10 bits per heavy atom. The van der Waals surface area contributed by atoms with Gasteiger partial charge in [-0.25, -0.2) is 4.68 Å². The lowest BCUT2D eigenvalue weighted by Crippen LogP contribution is -2.13. The van der Waals surface area contributed by atoms with E-state index >= 15 is 0 Å². The predicted molar refractivity (Wildman–Crippen MR) is 74.3 cm³/mol. The van der Waals surface area contributed by atoms with Crippen molar-refractivity contribution in [2.45, 2.75) is 19.6 Å². The molecule has 20 heavy (non-hydrogen) atoms. The molecule has 110 valence electrons. The SMILES string of the molecule is COc1cccc(CNCc2ccn(C(F)F)n2)c1.Cl. The van der Waals surface area contributed by atoms with Crippen LogP contribution in [0.25, 0.3) is 0 Å². The van der Waals surface area contributed by atoms with Crippen molar-refractivity contribution in [2.24, 2.45) is 0 Å². The lowest BCUT2D eigenvalue weighted by atomic mass is 10.2. The normalized spacial score (nSPS) is 10.4. The monoisotopic (exact) mass is 303 g/mol. The smallest absolute Gasteiger partial charge is 0.333 e. The van der Waals surface area contributed by atoms with E-state index in [9.17, 15) is 8.78 Å². The van der Waals surface area contributed by atoms with Crippen LogP contribution in [0.1, 0.15) is 17.8 Å². The first-order chi connectivity index (χ1) is 9.19. The Hall–Kier alpha value is -1.66. The number of nitrogens with zero attached hydrogens (tertiary/aromatic N) is 2. The van der Waals surface area contributed by atoms with Gasteiger partial charge in [-0.2, -0.15) is 13.9 Å². The molecular weight excluding hydrogens is 288 g/mol. The topological polar surface area (TPSA) is 39.1 Å². The van der Waals surface area contributed by atoms with Crippen LogP contribution in [-0.4, -0.2) is 16.9 Å². The minimum atomic E-state index is -2.59. The molecule has 0 aliphatic heterocycles. The lowest BCUT2D eigenvalue weighted by Gasteiger charge is -2.05. The van der Waals surface area contributed by atoms with Crippen molar-refractivity contribution in [3.63, 3.8) is 0 Å². The molecule has 2 aromatic rings. The summed E-state index contributed by atoms with van der Waals surface area (Å²) >= 11 is 0. The predicted octanol–water partition coefficient (Wildman–Crippen LogP) is 3.00. The van der Waals surface area contributed by atoms with Gasteiger partial charge in [0.1, 0.15) is 5.75 Å². The third kappa shape index (κ3) is 4.47. The highest BCUT2D eigenvalue weighted by Gasteiger charge is 2.06. The third-order valence-electron chi connectivity index (χ3n) is 2.63. The summed E-state index contributed by atoms with van der Waals surface area (Å²) in [7, 11) is 1.61. The Morgan fingerprint density at radius 1 is 1.30 bits per heavy atom. The molecule has 7 heteroatoms. The fourth-order valence-corrected chi connectivity index (χ4v) is 1.70. The molecule has 0 amide bonds. The van der Waals surface area contributed by atoms with Crippen LogP contribution in [0.4, 0.5) is 8.78 Å². The van der Waals surface area contributed by atoms with Crippen LogP contribution < -0.4 is 10.1 Å². The second-order valence-electron chi connectivity index (χ2n) is 4.02. The molecule has 1 aromatic heterocycles. The maximum atomic E-state index is 12.3. The number of rotatable bonds is 6. The van der Waals surface area contributed by atoms with Crippen LogP contribution in [0.15, 0.2) is 36.5 Å². The van der Waals surface area contributed by atoms with E-state index in [0.717, 1.165) is 11.3 Å². The highest BCUT2D eigenvalue weighted by Crippen LogP contribution is 2.12. The second kappa shape index (κ2) is 7.81. The van der Waals surface area contributed by atoms with Gasteiger partial charge < -0.3 is 10.1 Å². The number of aromatic nitrogens is 2. The first-order valence-corrected chi connectivity index (χ1v) is 5.85. The Morgan fingerprint density at radius 3 is 2.75 bits per heavy atom. The Labute approximate surface area is 122 Å². The van der Waals surface area contributed by atoms with Crippen molar-refractivity contribution in [3.8, 4) is 5.75 Å². The van der Waals surface area contributed by atoms with Crippen LogP contribution in [0.3, 0.4) is 0 Å². The van der Waals surface area contributed by atoms with Gasteiger partial charge in [0.2, 0.25) is 0 Å². The third-order valence-corrected chi connectivity index (χ3v) is 2.63. The van der Waals surface area contributed by atoms with Crippen LogP contribution in [0.2, 0.25) is 0 Å². The van der Waals surface area contributed by atoms with Crippen LogP contribution >= 0.6 is 12.4 Å². The Bertz CT molecular complexity index is 534. The van der Waals surface area contributed by atoms with E-state index in [1.165, 1.54) is 6.20 Å². The summed E-state index contributed by atoms with van der Waals surface area (Å²) in [5.41, 5.74) is 1.65. The standard InChI is InChI=1S/C13H15F2N3O.ClH/c1-19-12-4-2-3-10(7-12)8-16-9-11-5-6-18(17-11)13(14)15;/h2-7,13,16H,8-9H2,1H3;1H. The van der Waals surface area contributed by atoms with E-state index in [-0.39, 0.29) is 12.4 Å². The van der Waals surface area contributed by atoms with Gasteiger partial charge in [0.15, 0.2) is 0 Å². The zero-order valence-corrected chi connectivity index (χ0v) is 11.7. The molecule has 0 saturated carbocycles. The van der Waals surface area contributed by atoms with E-state index in [2.05, 4.69) is 10.4 Å². The van der Waals surface area contributed by atoms with Crippen molar-refractivity contribution in [1.29, 1.82) is 0 Å². The maximum Gasteiger partial charge on any atom is 0.333 e. The highest BCUT2D eigenvalue weighted by atomic mass is 35.5. The molecule has 0 spiro atoms. The molecule has 0 aliphatic carbocycles. The van der Waals surface area contributed by atoms with Crippen molar-refractivity contribution in [2.75, 3.05) is 7.11 Å². The van der Waals surface area contributed by atoms with Crippen molar-refractivity contribution in [3.05, 3.63) is 47.8 Å². The lowest BCUT2D eigenvalue weighted by molar-refractivity contribution is 0.0561. The number of hydrogen-bond acceptors (Lipinski definition) is 3. The van der Waals surface area contributed by atoms with Gasteiger partial charge in [-0.05, 0) is 23.8 Å². The summed E-state index contributed by atoms with van der Waals surface area (Å²) in [5.74, 6) is 0.793. The molecule has 0 atom stereocenters. The molecule has 4 nitrogen and oxygen atoms in total. The molecule has 0 saturated heterocycles. The molecular formula is C13H16ClF2N3O. The molecule has 0 radical (unpaired) electrons. The van der Waals surface area contributed by atoms with E-state index in [0.29, 0.717) is 23.5 Å². The van der Waals surface area contributed by atoms with E-state index in [1.54, 1.807) is 13.2 Å². The van der Waals surface area contributed by atoms with Crippen LogP contribution in [-0.2, 0) is 13.1 Å².